The number of hydrogen-bond donors (Lipinski definition) is 3. The number of hydrogen-bond acceptors (Lipinski definition) is 3. The van der Waals surface area contributed by atoms with Crippen molar-refractivity contribution >= 4 is 11.9 Å². The van der Waals surface area contributed by atoms with Crippen molar-refractivity contribution in [1.29, 1.82) is 0 Å². The van der Waals surface area contributed by atoms with E-state index in [1.54, 1.807) is 24.3 Å². The molecule has 98 valence electrons. The fourth-order valence-electron chi connectivity index (χ4n) is 1.52. The second-order valence-corrected chi connectivity index (χ2v) is 4.03. The van der Waals surface area contributed by atoms with Crippen LogP contribution in [0, 0.1) is 0 Å². The van der Waals surface area contributed by atoms with Crippen LogP contribution in [0.25, 0.3) is 0 Å². The van der Waals surface area contributed by atoms with Crippen LogP contribution in [0.5, 0.6) is 0 Å². The first kappa shape index (κ1) is 14.2. The summed E-state index contributed by atoms with van der Waals surface area (Å²) in [6.07, 6.45) is 1.69. The van der Waals surface area contributed by atoms with E-state index in [0.29, 0.717) is 13.0 Å². The molecule has 0 aliphatic carbocycles. The highest BCUT2D eigenvalue weighted by atomic mass is 16.4. The molecular formula is C13H17NO4. The van der Waals surface area contributed by atoms with Crippen LogP contribution in [0.3, 0.4) is 0 Å². The second-order valence-electron chi connectivity index (χ2n) is 4.03. The second kappa shape index (κ2) is 7.45. The summed E-state index contributed by atoms with van der Waals surface area (Å²) in [7, 11) is 0. The molecule has 0 aliphatic rings. The molecular weight excluding hydrogens is 234 g/mol. The first-order valence-electron chi connectivity index (χ1n) is 5.84. The minimum atomic E-state index is -0.928. The van der Waals surface area contributed by atoms with Crippen molar-refractivity contribution in [3.05, 3.63) is 35.4 Å². The van der Waals surface area contributed by atoms with Gasteiger partial charge in [-0.05, 0) is 37.1 Å². The molecule has 5 heteroatoms. The third-order valence-electron chi connectivity index (χ3n) is 2.52. The quantitative estimate of drug-likeness (QED) is 0.612. The number of aliphatic carboxylic acids is 1. The van der Waals surface area contributed by atoms with Crippen molar-refractivity contribution in [2.24, 2.45) is 0 Å². The summed E-state index contributed by atoms with van der Waals surface area (Å²) in [5, 5.41) is 20.4. The van der Waals surface area contributed by atoms with Gasteiger partial charge in [0.2, 0.25) is 0 Å². The zero-order valence-electron chi connectivity index (χ0n) is 10.1. The molecule has 1 aromatic rings. The summed E-state index contributed by atoms with van der Waals surface area (Å²) in [5.74, 6) is -1.69. The molecule has 0 spiro atoms. The molecule has 0 fully saturated rings. The van der Waals surface area contributed by atoms with Gasteiger partial charge >= 0.3 is 11.9 Å². The van der Waals surface area contributed by atoms with Crippen LogP contribution in [-0.2, 0) is 11.3 Å². The number of carboxylic acids is 2. The molecule has 1 rings (SSSR count). The molecule has 0 saturated carbocycles. The first-order valence-corrected chi connectivity index (χ1v) is 5.84. The average molecular weight is 251 g/mol. The molecule has 0 bridgehead atoms. The van der Waals surface area contributed by atoms with Gasteiger partial charge in [-0.3, -0.25) is 4.79 Å². The molecule has 0 radical (unpaired) electrons. The Morgan fingerprint density at radius 2 is 1.72 bits per heavy atom. The number of benzene rings is 1. The number of carbonyl (C=O) groups is 2. The van der Waals surface area contributed by atoms with Crippen molar-refractivity contribution in [1.82, 2.24) is 5.32 Å². The Hall–Kier alpha value is -1.88. The standard InChI is InChI=1S/C13H17NO4/c15-12(16)3-1-2-8-14-9-10-4-6-11(7-5-10)13(17)18/h4-7,14H,1-3,8-9H2,(H,15,16)(H,17,18). The minimum absolute atomic E-state index is 0.203. The SMILES string of the molecule is O=C(O)CCCCNCc1ccc(C(=O)O)cc1. The summed E-state index contributed by atoms with van der Waals surface area (Å²) >= 11 is 0. The van der Waals surface area contributed by atoms with E-state index in [1.165, 1.54) is 0 Å². The number of carboxylic acid groups (broad SMARTS) is 2. The molecule has 18 heavy (non-hydrogen) atoms. The predicted molar refractivity (Wildman–Crippen MR) is 66.6 cm³/mol. The fourth-order valence-corrected chi connectivity index (χ4v) is 1.52. The smallest absolute Gasteiger partial charge is 0.335 e. The van der Waals surface area contributed by atoms with Crippen molar-refractivity contribution in [2.45, 2.75) is 25.8 Å². The summed E-state index contributed by atoms with van der Waals surface area (Å²) in [5.41, 5.74) is 1.29. The van der Waals surface area contributed by atoms with Gasteiger partial charge in [0.25, 0.3) is 0 Å². The minimum Gasteiger partial charge on any atom is -0.481 e. The maximum atomic E-state index is 10.6. The molecule has 0 atom stereocenters. The van der Waals surface area contributed by atoms with E-state index in [4.69, 9.17) is 10.2 Å². The van der Waals surface area contributed by atoms with Crippen molar-refractivity contribution < 1.29 is 19.8 Å². The maximum Gasteiger partial charge on any atom is 0.335 e. The Balaban J connectivity index is 2.19. The van der Waals surface area contributed by atoms with Crippen molar-refractivity contribution in [2.75, 3.05) is 6.54 Å². The van der Waals surface area contributed by atoms with E-state index < -0.39 is 11.9 Å². The van der Waals surface area contributed by atoms with Crippen molar-refractivity contribution in [3.8, 4) is 0 Å². The molecule has 0 saturated heterocycles. The largest absolute Gasteiger partial charge is 0.481 e. The van der Waals surface area contributed by atoms with Crippen LogP contribution in [0.15, 0.2) is 24.3 Å². The number of aromatic carboxylic acids is 1. The van der Waals surface area contributed by atoms with E-state index in [9.17, 15) is 9.59 Å². The fraction of sp³-hybridized carbons (Fsp3) is 0.385. The molecule has 0 aromatic heterocycles. The van der Waals surface area contributed by atoms with Gasteiger partial charge < -0.3 is 15.5 Å². The van der Waals surface area contributed by atoms with E-state index >= 15 is 0 Å². The zero-order chi connectivity index (χ0) is 13.4. The topological polar surface area (TPSA) is 86.6 Å². The molecule has 0 heterocycles. The highest BCUT2D eigenvalue weighted by molar-refractivity contribution is 5.87. The molecule has 0 amide bonds. The molecule has 0 aliphatic heterocycles. The van der Waals surface area contributed by atoms with Gasteiger partial charge in [0.05, 0.1) is 5.56 Å². The van der Waals surface area contributed by atoms with Crippen LogP contribution in [-0.4, -0.2) is 28.7 Å². The lowest BCUT2D eigenvalue weighted by Crippen LogP contribution is -2.15. The lowest BCUT2D eigenvalue weighted by Gasteiger charge is -2.04. The molecule has 3 N–H and O–H groups in total. The zero-order valence-corrected chi connectivity index (χ0v) is 10.1. The van der Waals surface area contributed by atoms with Gasteiger partial charge in [0.15, 0.2) is 0 Å². The predicted octanol–water partition coefficient (Wildman–Crippen LogP) is 1.73. The van der Waals surface area contributed by atoms with E-state index in [2.05, 4.69) is 5.32 Å². The van der Waals surface area contributed by atoms with Gasteiger partial charge in [-0.25, -0.2) is 4.79 Å². The van der Waals surface area contributed by atoms with Crippen LogP contribution in [0.2, 0.25) is 0 Å². The van der Waals surface area contributed by atoms with Gasteiger partial charge in [-0.15, -0.1) is 0 Å². The maximum absolute atomic E-state index is 10.6. The number of unbranched alkanes of at least 4 members (excludes halogenated alkanes) is 1. The van der Waals surface area contributed by atoms with Gasteiger partial charge in [-0.1, -0.05) is 12.1 Å². The van der Waals surface area contributed by atoms with Gasteiger partial charge in [0.1, 0.15) is 0 Å². The van der Waals surface area contributed by atoms with E-state index in [1.807, 2.05) is 0 Å². The highest BCUT2D eigenvalue weighted by Gasteiger charge is 2.01. The molecule has 1 aromatic carbocycles. The van der Waals surface area contributed by atoms with Gasteiger partial charge in [-0.2, -0.15) is 0 Å². The van der Waals surface area contributed by atoms with E-state index in [-0.39, 0.29) is 12.0 Å². The van der Waals surface area contributed by atoms with Crippen LogP contribution >= 0.6 is 0 Å². The Morgan fingerprint density at radius 1 is 1.06 bits per heavy atom. The molecule has 5 nitrogen and oxygen atoms in total. The first-order chi connectivity index (χ1) is 8.59. The number of nitrogens with one attached hydrogen (secondary N) is 1. The van der Waals surface area contributed by atoms with Crippen molar-refractivity contribution in [3.63, 3.8) is 0 Å². The lowest BCUT2D eigenvalue weighted by atomic mass is 10.1. The summed E-state index contributed by atoms with van der Waals surface area (Å²) in [6.45, 7) is 1.42. The van der Waals surface area contributed by atoms with Gasteiger partial charge in [0, 0.05) is 13.0 Å². The third kappa shape index (κ3) is 5.45. The average Bonchev–Trinajstić information content (AvgIpc) is 2.34. The normalized spacial score (nSPS) is 10.2. The summed E-state index contributed by atoms with van der Waals surface area (Å²) in [6, 6.07) is 6.69. The van der Waals surface area contributed by atoms with Crippen LogP contribution < -0.4 is 5.32 Å². The summed E-state index contributed by atoms with van der Waals surface area (Å²) in [4.78, 5) is 20.9. The van der Waals surface area contributed by atoms with Crippen LogP contribution in [0.4, 0.5) is 0 Å². The Kier molecular flexibility index (Phi) is 5.87. The number of rotatable bonds is 8. The molecule has 0 unspecified atom stereocenters. The summed E-state index contributed by atoms with van der Waals surface area (Å²) < 4.78 is 0. The lowest BCUT2D eigenvalue weighted by molar-refractivity contribution is -0.137. The Labute approximate surface area is 105 Å². The van der Waals surface area contributed by atoms with E-state index in [0.717, 1.165) is 18.5 Å². The van der Waals surface area contributed by atoms with Crippen LogP contribution in [0.1, 0.15) is 35.2 Å². The monoisotopic (exact) mass is 251 g/mol. The Morgan fingerprint density at radius 3 is 2.28 bits per heavy atom. The third-order valence-corrected chi connectivity index (χ3v) is 2.52. The highest BCUT2D eigenvalue weighted by Crippen LogP contribution is 2.04. The Bertz CT molecular complexity index is 400.